The maximum Gasteiger partial charge on any atom is 0.308 e. The molecule has 0 radical (unpaired) electrons. The number of ketones is 2. The third-order valence-electron chi connectivity index (χ3n) is 5.66. The molecular formula is C20H28O6. The van der Waals surface area contributed by atoms with Crippen LogP contribution in [-0.4, -0.2) is 36.7 Å². The average Bonchev–Trinajstić information content (AvgIpc) is 2.69. The normalized spacial score (nSPS) is 31.1. The quantitative estimate of drug-likeness (QED) is 0.392. The molecule has 0 amide bonds. The zero-order valence-electron chi connectivity index (χ0n) is 15.6. The predicted molar refractivity (Wildman–Crippen MR) is 94.1 cm³/mol. The highest BCUT2D eigenvalue weighted by molar-refractivity contribution is 6.11. The summed E-state index contributed by atoms with van der Waals surface area (Å²) < 4.78 is 10.1. The van der Waals surface area contributed by atoms with Crippen molar-refractivity contribution in [3.8, 4) is 0 Å². The van der Waals surface area contributed by atoms with E-state index < -0.39 is 29.1 Å². The van der Waals surface area contributed by atoms with Crippen molar-refractivity contribution >= 4 is 23.5 Å². The van der Waals surface area contributed by atoms with Crippen molar-refractivity contribution in [2.24, 2.45) is 23.2 Å². The number of ether oxygens (including phenoxy) is 2. The van der Waals surface area contributed by atoms with Crippen LogP contribution in [-0.2, 0) is 28.7 Å². The van der Waals surface area contributed by atoms with Gasteiger partial charge in [-0.2, -0.15) is 0 Å². The summed E-state index contributed by atoms with van der Waals surface area (Å²) in [6.07, 6.45) is 3.17. The first-order chi connectivity index (χ1) is 12.4. The van der Waals surface area contributed by atoms with Crippen molar-refractivity contribution in [3.05, 3.63) is 12.7 Å². The second-order valence-corrected chi connectivity index (χ2v) is 7.17. The maximum atomic E-state index is 13.3. The predicted octanol–water partition coefficient (Wildman–Crippen LogP) is 2.64. The van der Waals surface area contributed by atoms with E-state index in [4.69, 9.17) is 9.47 Å². The van der Waals surface area contributed by atoms with Gasteiger partial charge in [-0.05, 0) is 45.4 Å². The van der Waals surface area contributed by atoms with Gasteiger partial charge in [-0.1, -0.05) is 6.08 Å². The fourth-order valence-corrected chi connectivity index (χ4v) is 4.37. The summed E-state index contributed by atoms with van der Waals surface area (Å²) in [5.74, 6) is -2.37. The summed E-state index contributed by atoms with van der Waals surface area (Å²) in [5, 5.41) is 0. The van der Waals surface area contributed by atoms with Crippen molar-refractivity contribution < 1.29 is 28.7 Å². The molecule has 0 spiro atoms. The number of hydrogen-bond acceptors (Lipinski definition) is 6. The molecule has 6 nitrogen and oxygen atoms in total. The van der Waals surface area contributed by atoms with Gasteiger partial charge in [-0.25, -0.2) is 0 Å². The molecule has 2 saturated carbocycles. The smallest absolute Gasteiger partial charge is 0.308 e. The number of allylic oxidation sites excluding steroid dienone is 1. The number of carbonyl (C=O) groups is 4. The van der Waals surface area contributed by atoms with E-state index in [9.17, 15) is 19.2 Å². The summed E-state index contributed by atoms with van der Waals surface area (Å²) in [7, 11) is 0. The first-order valence-electron chi connectivity index (χ1n) is 9.40. The lowest BCUT2D eigenvalue weighted by Crippen LogP contribution is -2.49. The minimum absolute atomic E-state index is 0.0235. The van der Waals surface area contributed by atoms with Gasteiger partial charge in [0.05, 0.1) is 24.5 Å². The van der Waals surface area contributed by atoms with Gasteiger partial charge in [0, 0.05) is 18.8 Å². The maximum absolute atomic E-state index is 13.3. The van der Waals surface area contributed by atoms with Crippen LogP contribution < -0.4 is 0 Å². The van der Waals surface area contributed by atoms with Crippen LogP contribution in [0, 0.1) is 23.2 Å². The van der Waals surface area contributed by atoms with E-state index in [1.54, 1.807) is 19.9 Å². The molecule has 26 heavy (non-hydrogen) atoms. The molecular weight excluding hydrogens is 336 g/mol. The molecule has 2 fully saturated rings. The zero-order chi connectivity index (χ0) is 19.3. The van der Waals surface area contributed by atoms with E-state index in [2.05, 4.69) is 6.58 Å². The minimum atomic E-state index is -1.10. The molecule has 4 atom stereocenters. The van der Waals surface area contributed by atoms with E-state index in [1.807, 2.05) is 0 Å². The standard InChI is InChI=1S/C20H28O6/c1-4-8-20-9-7-13(19(24)26-6-3)10-15(18(20)23)14(11-16(20)21)12-17(22)25-5-2/h4,13-15H,1,5-12H2,2-3H3/t13-,14-,15-,20+/m1/s1. The number of fused-ring (bicyclic) bond motifs is 2. The molecule has 0 aromatic carbocycles. The van der Waals surface area contributed by atoms with E-state index in [0.29, 0.717) is 19.3 Å². The second kappa shape index (κ2) is 8.60. The van der Waals surface area contributed by atoms with E-state index in [1.165, 1.54) is 0 Å². The van der Waals surface area contributed by atoms with E-state index in [0.717, 1.165) is 0 Å². The Morgan fingerprint density at radius 2 is 1.92 bits per heavy atom. The van der Waals surface area contributed by atoms with Crippen LogP contribution in [0.1, 0.15) is 52.4 Å². The molecule has 2 rings (SSSR count). The third kappa shape index (κ3) is 3.89. The van der Waals surface area contributed by atoms with Crippen LogP contribution in [0.5, 0.6) is 0 Å². The fraction of sp³-hybridized carbons (Fsp3) is 0.700. The van der Waals surface area contributed by atoms with Gasteiger partial charge in [0.1, 0.15) is 11.6 Å². The molecule has 0 heterocycles. The highest BCUT2D eigenvalue weighted by Gasteiger charge is 2.56. The van der Waals surface area contributed by atoms with Crippen LogP contribution in [0.25, 0.3) is 0 Å². The van der Waals surface area contributed by atoms with Gasteiger partial charge >= 0.3 is 11.9 Å². The Kier molecular flexibility index (Phi) is 6.73. The summed E-state index contributed by atoms with van der Waals surface area (Å²) in [4.78, 5) is 50.4. The number of hydrogen-bond donors (Lipinski definition) is 0. The van der Waals surface area contributed by atoms with Crippen LogP contribution >= 0.6 is 0 Å². The molecule has 0 saturated heterocycles. The largest absolute Gasteiger partial charge is 0.466 e. The molecule has 2 bridgehead atoms. The average molecular weight is 364 g/mol. The molecule has 0 aromatic rings. The van der Waals surface area contributed by atoms with Crippen molar-refractivity contribution in [3.63, 3.8) is 0 Å². The second-order valence-electron chi connectivity index (χ2n) is 7.17. The molecule has 2 aliphatic rings. The molecule has 0 aromatic heterocycles. The molecule has 0 unspecified atom stereocenters. The number of carbonyl (C=O) groups excluding carboxylic acids is 4. The zero-order valence-corrected chi connectivity index (χ0v) is 15.6. The number of esters is 2. The summed E-state index contributed by atoms with van der Waals surface area (Å²) in [6.45, 7) is 7.69. The Balaban J connectivity index is 2.33. The van der Waals surface area contributed by atoms with Gasteiger partial charge in [-0.15, -0.1) is 6.58 Å². The van der Waals surface area contributed by atoms with Crippen LogP contribution in [0.2, 0.25) is 0 Å². The Morgan fingerprint density at radius 1 is 1.23 bits per heavy atom. The fourth-order valence-electron chi connectivity index (χ4n) is 4.37. The first-order valence-corrected chi connectivity index (χ1v) is 9.40. The van der Waals surface area contributed by atoms with Crippen LogP contribution in [0.3, 0.4) is 0 Å². The molecule has 6 heteroatoms. The lowest BCUT2D eigenvalue weighted by atomic mass is 9.60. The Morgan fingerprint density at radius 3 is 2.54 bits per heavy atom. The Labute approximate surface area is 154 Å². The van der Waals surface area contributed by atoms with Gasteiger partial charge < -0.3 is 9.47 Å². The SMILES string of the molecule is C=CC[C@@]12CC[C@@H](C(=O)OCC)C[C@@H](C1=O)[C@@H](CC(=O)OCC)CC2=O. The van der Waals surface area contributed by atoms with Crippen LogP contribution in [0.4, 0.5) is 0 Å². The van der Waals surface area contributed by atoms with E-state index >= 15 is 0 Å². The van der Waals surface area contributed by atoms with Crippen LogP contribution in [0.15, 0.2) is 12.7 Å². The molecule has 0 N–H and O–H groups in total. The summed E-state index contributed by atoms with van der Waals surface area (Å²) in [5.41, 5.74) is -1.10. The lowest BCUT2D eigenvalue weighted by molar-refractivity contribution is -0.153. The minimum Gasteiger partial charge on any atom is -0.466 e. The van der Waals surface area contributed by atoms with E-state index in [-0.39, 0.29) is 50.0 Å². The number of Topliss-reactive ketones (excluding diaryl/α,β-unsaturated/α-hetero) is 2. The Bertz CT molecular complexity index is 595. The van der Waals surface area contributed by atoms with Crippen molar-refractivity contribution in [2.75, 3.05) is 13.2 Å². The van der Waals surface area contributed by atoms with Crippen molar-refractivity contribution in [1.82, 2.24) is 0 Å². The highest BCUT2D eigenvalue weighted by atomic mass is 16.5. The monoisotopic (exact) mass is 364 g/mol. The van der Waals surface area contributed by atoms with Gasteiger partial charge in [0.2, 0.25) is 0 Å². The topological polar surface area (TPSA) is 86.7 Å². The van der Waals surface area contributed by atoms with Crippen molar-refractivity contribution in [2.45, 2.75) is 52.4 Å². The molecule has 144 valence electrons. The van der Waals surface area contributed by atoms with Gasteiger partial charge in [0.15, 0.2) is 0 Å². The first kappa shape index (κ1) is 20.3. The molecule has 0 aliphatic heterocycles. The van der Waals surface area contributed by atoms with Crippen molar-refractivity contribution in [1.29, 1.82) is 0 Å². The summed E-state index contributed by atoms with van der Waals surface area (Å²) >= 11 is 0. The Hall–Kier alpha value is -1.98. The van der Waals surface area contributed by atoms with Gasteiger partial charge in [-0.3, -0.25) is 19.2 Å². The number of rotatable bonds is 7. The summed E-state index contributed by atoms with van der Waals surface area (Å²) in [6, 6.07) is 0. The highest BCUT2D eigenvalue weighted by Crippen LogP contribution is 2.49. The lowest BCUT2D eigenvalue weighted by Gasteiger charge is -2.39. The molecule has 2 aliphatic carbocycles. The van der Waals surface area contributed by atoms with Gasteiger partial charge in [0.25, 0.3) is 0 Å². The third-order valence-corrected chi connectivity index (χ3v) is 5.66.